The fourth-order valence-electron chi connectivity index (χ4n) is 2.52. The number of sulfone groups is 1. The first kappa shape index (κ1) is 11.2. The minimum Gasteiger partial charge on any atom is -0.372 e. The van der Waals surface area contributed by atoms with Gasteiger partial charge in [-0.2, -0.15) is 5.10 Å². The van der Waals surface area contributed by atoms with E-state index in [0.717, 1.165) is 18.7 Å². The molecule has 2 unspecified atom stereocenters. The minimum absolute atomic E-state index is 0.0923. The fraction of sp³-hybridized carbons (Fsp3) is 0.800. The number of fused-ring (bicyclic) bond motifs is 1. The molecule has 2 atom stereocenters. The van der Waals surface area contributed by atoms with Gasteiger partial charge in [-0.1, -0.05) is 0 Å². The maximum absolute atomic E-state index is 11.4. The van der Waals surface area contributed by atoms with Crippen LogP contribution in [0.15, 0.2) is 0 Å². The third kappa shape index (κ3) is 1.97. The lowest BCUT2D eigenvalue weighted by Gasteiger charge is -2.17. The molecule has 1 aromatic heterocycles. The molecule has 1 aromatic rings. The summed E-state index contributed by atoms with van der Waals surface area (Å²) in [5.74, 6) is 1.65. The second-order valence-corrected chi connectivity index (χ2v) is 7.03. The predicted octanol–water partition coefficient (Wildman–Crippen LogP) is 0.00740. The Labute approximate surface area is 99.6 Å². The number of nitrogens with zero attached hydrogens (tertiary/aromatic N) is 3. The van der Waals surface area contributed by atoms with Crippen LogP contribution in [-0.4, -0.2) is 39.8 Å². The van der Waals surface area contributed by atoms with Gasteiger partial charge in [0.2, 0.25) is 0 Å². The van der Waals surface area contributed by atoms with Crippen LogP contribution >= 0.6 is 0 Å². The zero-order valence-corrected chi connectivity index (χ0v) is 10.2. The summed E-state index contributed by atoms with van der Waals surface area (Å²) in [7, 11) is -2.91. The van der Waals surface area contributed by atoms with Gasteiger partial charge in [-0.25, -0.2) is 18.1 Å². The van der Waals surface area contributed by atoms with Crippen LogP contribution in [0.25, 0.3) is 0 Å². The molecule has 3 heterocycles. The second kappa shape index (κ2) is 3.78. The van der Waals surface area contributed by atoms with Gasteiger partial charge in [0.05, 0.1) is 11.5 Å². The number of rotatable bonds is 1. The van der Waals surface area contributed by atoms with Gasteiger partial charge in [-0.3, -0.25) is 0 Å². The average molecular weight is 257 g/mol. The molecular formula is C10H15N3O3S. The largest absolute Gasteiger partial charge is 0.372 e. The van der Waals surface area contributed by atoms with E-state index in [9.17, 15) is 13.5 Å². The maximum atomic E-state index is 11.4. The van der Waals surface area contributed by atoms with E-state index in [1.807, 2.05) is 0 Å². The molecule has 17 heavy (non-hydrogen) atoms. The van der Waals surface area contributed by atoms with Gasteiger partial charge in [0.25, 0.3) is 0 Å². The summed E-state index contributed by atoms with van der Waals surface area (Å²) >= 11 is 0. The van der Waals surface area contributed by atoms with Crippen molar-refractivity contribution in [1.82, 2.24) is 14.8 Å². The number of aliphatic hydroxyl groups is 1. The Balaban J connectivity index is 1.90. The smallest absolute Gasteiger partial charge is 0.155 e. The van der Waals surface area contributed by atoms with Crippen LogP contribution in [0.3, 0.4) is 0 Å². The topological polar surface area (TPSA) is 85.1 Å². The normalized spacial score (nSPS) is 31.4. The number of aliphatic hydroxyl groups excluding tert-OH is 1. The van der Waals surface area contributed by atoms with Crippen LogP contribution in [-0.2, 0) is 16.3 Å². The Kier molecular flexibility index (Phi) is 2.48. The van der Waals surface area contributed by atoms with Gasteiger partial charge in [0.15, 0.2) is 15.7 Å². The molecule has 7 heteroatoms. The van der Waals surface area contributed by atoms with E-state index in [4.69, 9.17) is 0 Å². The van der Waals surface area contributed by atoms with E-state index >= 15 is 0 Å². The van der Waals surface area contributed by atoms with Crippen molar-refractivity contribution in [3.63, 3.8) is 0 Å². The summed E-state index contributed by atoms with van der Waals surface area (Å²) in [5, 5.41) is 14.0. The van der Waals surface area contributed by atoms with Gasteiger partial charge >= 0.3 is 0 Å². The third-order valence-electron chi connectivity index (χ3n) is 3.46. The molecule has 3 rings (SSSR count). The number of aromatic nitrogens is 3. The number of hydrogen-bond acceptors (Lipinski definition) is 5. The van der Waals surface area contributed by atoms with Crippen LogP contribution in [0, 0.1) is 0 Å². The summed E-state index contributed by atoms with van der Waals surface area (Å²) in [4.78, 5) is 4.38. The van der Waals surface area contributed by atoms with Crippen molar-refractivity contribution in [1.29, 1.82) is 0 Å². The fourth-order valence-corrected chi connectivity index (χ4v) is 4.26. The summed E-state index contributed by atoms with van der Waals surface area (Å²) in [5.41, 5.74) is 0. The minimum atomic E-state index is -2.91. The van der Waals surface area contributed by atoms with Crippen molar-refractivity contribution < 1.29 is 13.5 Å². The lowest BCUT2D eigenvalue weighted by molar-refractivity contribution is 0.0643. The van der Waals surface area contributed by atoms with Gasteiger partial charge in [0, 0.05) is 12.3 Å². The van der Waals surface area contributed by atoms with Crippen LogP contribution in [0.5, 0.6) is 0 Å². The highest BCUT2D eigenvalue weighted by Crippen LogP contribution is 2.29. The van der Waals surface area contributed by atoms with Crippen molar-refractivity contribution in [3.8, 4) is 0 Å². The first-order valence-electron chi connectivity index (χ1n) is 5.89. The molecule has 0 bridgehead atoms. The molecule has 0 spiro atoms. The molecule has 0 aromatic carbocycles. The molecule has 94 valence electrons. The van der Waals surface area contributed by atoms with Gasteiger partial charge in [-0.05, 0) is 19.3 Å². The number of hydrogen-bond donors (Lipinski definition) is 1. The summed E-state index contributed by atoms with van der Waals surface area (Å²) in [6.45, 7) is 0. The van der Waals surface area contributed by atoms with Crippen molar-refractivity contribution in [2.45, 2.75) is 37.8 Å². The second-order valence-electron chi connectivity index (χ2n) is 4.80. The molecule has 0 saturated carbocycles. The van der Waals surface area contributed by atoms with Crippen molar-refractivity contribution in [2.75, 3.05) is 11.5 Å². The van der Waals surface area contributed by atoms with Gasteiger partial charge in [-0.15, -0.1) is 0 Å². The molecule has 6 nitrogen and oxygen atoms in total. The third-order valence-corrected chi connectivity index (χ3v) is 5.23. The standard InChI is InChI=1S/C10H15N3O3S/c14-9-3-1-2-8-11-10(12-13(8)9)7-4-5-17(15,16)6-7/h7,9,14H,1-6H2. The Morgan fingerprint density at radius 3 is 2.82 bits per heavy atom. The first-order valence-corrected chi connectivity index (χ1v) is 7.71. The van der Waals surface area contributed by atoms with Crippen LogP contribution in [0.1, 0.15) is 43.1 Å². The molecule has 2 aliphatic rings. The first-order chi connectivity index (χ1) is 8.05. The average Bonchev–Trinajstić information content (AvgIpc) is 2.82. The highest BCUT2D eigenvalue weighted by atomic mass is 32.2. The predicted molar refractivity (Wildman–Crippen MR) is 60.2 cm³/mol. The van der Waals surface area contributed by atoms with Gasteiger partial charge < -0.3 is 5.11 Å². The lowest BCUT2D eigenvalue weighted by atomic mass is 10.1. The highest BCUT2D eigenvalue weighted by Gasteiger charge is 2.33. The molecule has 1 saturated heterocycles. The van der Waals surface area contributed by atoms with Crippen LogP contribution in [0.2, 0.25) is 0 Å². The molecule has 2 aliphatic heterocycles. The summed E-state index contributed by atoms with van der Waals surface area (Å²) in [6.07, 6.45) is 2.41. The highest BCUT2D eigenvalue weighted by molar-refractivity contribution is 7.91. The summed E-state index contributed by atoms with van der Waals surface area (Å²) < 4.78 is 24.4. The monoisotopic (exact) mass is 257 g/mol. The number of aryl methyl sites for hydroxylation is 1. The van der Waals surface area contributed by atoms with E-state index in [-0.39, 0.29) is 17.4 Å². The molecule has 1 fully saturated rings. The van der Waals surface area contributed by atoms with E-state index in [1.165, 1.54) is 0 Å². The maximum Gasteiger partial charge on any atom is 0.155 e. The van der Waals surface area contributed by atoms with E-state index in [0.29, 0.717) is 18.7 Å². The van der Waals surface area contributed by atoms with E-state index in [2.05, 4.69) is 10.1 Å². The Bertz CT molecular complexity index is 537. The van der Waals surface area contributed by atoms with Crippen molar-refractivity contribution in [3.05, 3.63) is 11.6 Å². The van der Waals surface area contributed by atoms with E-state index in [1.54, 1.807) is 4.68 Å². The SMILES string of the molecule is O=S1(=O)CCC(c2nc3n(n2)C(O)CCC3)C1. The van der Waals surface area contributed by atoms with Crippen LogP contribution in [0.4, 0.5) is 0 Å². The van der Waals surface area contributed by atoms with Crippen molar-refractivity contribution in [2.24, 2.45) is 0 Å². The Hall–Kier alpha value is -0.950. The quantitative estimate of drug-likeness (QED) is 0.766. The molecular weight excluding hydrogens is 242 g/mol. The Morgan fingerprint density at radius 1 is 1.35 bits per heavy atom. The molecule has 0 radical (unpaired) electrons. The zero-order valence-electron chi connectivity index (χ0n) is 9.41. The Morgan fingerprint density at radius 2 is 2.18 bits per heavy atom. The summed E-state index contributed by atoms with van der Waals surface area (Å²) in [6, 6.07) is 0. The van der Waals surface area contributed by atoms with Crippen molar-refractivity contribution >= 4 is 9.84 Å². The van der Waals surface area contributed by atoms with E-state index < -0.39 is 16.1 Å². The molecule has 0 amide bonds. The molecule has 0 aliphatic carbocycles. The molecule has 1 N–H and O–H groups in total. The van der Waals surface area contributed by atoms with Gasteiger partial charge in [0.1, 0.15) is 12.1 Å². The van der Waals surface area contributed by atoms with Crippen LogP contribution < -0.4 is 0 Å². The lowest BCUT2D eigenvalue weighted by Crippen LogP contribution is -2.18. The zero-order chi connectivity index (χ0) is 12.0.